The number of aliphatic hydroxyl groups excluding tert-OH is 9. The Labute approximate surface area is 436 Å². The van der Waals surface area contributed by atoms with Crippen LogP contribution in [0, 0.1) is 21.4 Å². The van der Waals surface area contributed by atoms with E-state index in [1.165, 1.54) is 0 Å². The number of nitrogens with zero attached hydrogens (tertiary/aromatic N) is 2. The van der Waals surface area contributed by atoms with Crippen LogP contribution in [0.2, 0.25) is 0 Å². The molecule has 2 rings (SSSR count). The number of benzene rings is 2. The molecule has 0 aliphatic rings. The number of carbonyl (C=O) groups is 6. The van der Waals surface area contributed by atoms with Crippen LogP contribution in [0.1, 0.15) is 73.5 Å². The summed E-state index contributed by atoms with van der Waals surface area (Å²) in [6.45, 7) is -5.14. The van der Waals surface area contributed by atoms with E-state index in [0.29, 0.717) is 0 Å². The fraction of sp³-hybridized carbons (Fsp3) is 0.500. The second-order valence-electron chi connectivity index (χ2n) is 13.5. The van der Waals surface area contributed by atoms with E-state index >= 15 is 0 Å². The lowest BCUT2D eigenvalue weighted by molar-refractivity contribution is -0.127. The highest BCUT2D eigenvalue weighted by Gasteiger charge is 2.36. The molecule has 0 aliphatic carbocycles. The van der Waals surface area contributed by atoms with Crippen LogP contribution in [-0.2, 0) is 14.3 Å². The van der Waals surface area contributed by atoms with Crippen LogP contribution in [0.15, 0.2) is 0 Å². The van der Waals surface area contributed by atoms with Crippen LogP contribution in [0.5, 0.6) is 0 Å². The molecule has 0 heterocycles. The number of amides is 4. The van der Waals surface area contributed by atoms with Crippen molar-refractivity contribution in [2.45, 2.75) is 62.6 Å². The minimum atomic E-state index is -1.64. The fourth-order valence-electron chi connectivity index (χ4n) is 5.61. The van der Waals surface area contributed by atoms with Crippen LogP contribution < -0.4 is 21.3 Å². The molecule has 20 nitrogen and oxygen atoms in total. The molecular weight excluding hydrogens is 1510 g/mol. The minimum Gasteiger partial charge on any atom is -0.394 e. The first kappa shape index (κ1) is 57.8. The molecule has 0 saturated carbocycles. The van der Waals surface area contributed by atoms with Gasteiger partial charge in [0.1, 0.15) is 12.5 Å². The van der Waals surface area contributed by atoms with Crippen LogP contribution in [0.4, 0.5) is 11.4 Å². The maximum Gasteiger partial charge on any atom is 0.250 e. The smallest absolute Gasteiger partial charge is 0.250 e. The summed E-state index contributed by atoms with van der Waals surface area (Å²) in [5.41, 5.74) is 10.7. The number of hydrogen-bond donors (Lipinski definition) is 11. The van der Waals surface area contributed by atoms with Crippen LogP contribution in [0.3, 0.4) is 0 Å². The molecule has 0 aliphatic heterocycles. The van der Waals surface area contributed by atoms with E-state index in [9.17, 15) is 74.7 Å². The molecule has 0 spiro atoms. The third-order valence-electron chi connectivity index (χ3n) is 8.74. The summed E-state index contributed by atoms with van der Waals surface area (Å²) >= 11 is 10.4. The van der Waals surface area contributed by atoms with E-state index < -0.39 is 125 Å². The van der Waals surface area contributed by atoms with Gasteiger partial charge >= 0.3 is 0 Å². The van der Waals surface area contributed by atoms with Gasteiger partial charge in [-0.25, -0.2) is 0 Å². The zero-order valence-electron chi connectivity index (χ0n) is 32.3. The Hall–Kier alpha value is -0.360. The summed E-state index contributed by atoms with van der Waals surface area (Å²) in [6.07, 6.45) is -9.12. The predicted molar refractivity (Wildman–Crippen MR) is 272 cm³/mol. The highest BCUT2D eigenvalue weighted by molar-refractivity contribution is 14.1. The maximum absolute atomic E-state index is 14.7. The number of nitrogens with two attached hydrogens (primary N) is 2. The molecule has 62 heavy (non-hydrogen) atoms. The number of primary amides is 2. The molecule has 0 radical (unpaired) electrons. The van der Waals surface area contributed by atoms with Crippen molar-refractivity contribution in [2.75, 3.05) is 62.5 Å². The lowest BCUT2D eigenvalue weighted by Gasteiger charge is -2.32. The van der Waals surface area contributed by atoms with Gasteiger partial charge in [0.2, 0.25) is 11.8 Å². The SMILES string of the molecule is NC(=O)c1c(I)c(C(=O)CCC(O)CO)c(I)c(N(CC(O)CO)C(=O)CC(=O)N(CC(O)COCC(O)CO)c2c(I)c(C(N)=O)c(I)c(C(=O)CCC(O)CO)c2I)c1I. The van der Waals surface area contributed by atoms with Crippen molar-refractivity contribution < 1.29 is 79.5 Å². The van der Waals surface area contributed by atoms with Crippen LogP contribution in [0.25, 0.3) is 0 Å². The highest BCUT2D eigenvalue weighted by Crippen LogP contribution is 2.41. The number of rotatable bonds is 26. The molecule has 2 aromatic rings. The molecule has 0 fully saturated rings. The molecule has 0 saturated heterocycles. The number of halogens is 6. The first-order chi connectivity index (χ1) is 29.0. The summed E-state index contributed by atoms with van der Waals surface area (Å²) in [6, 6.07) is 0. The third kappa shape index (κ3) is 15.3. The van der Waals surface area contributed by atoms with Gasteiger partial charge in [-0.15, -0.1) is 0 Å². The molecule has 0 bridgehead atoms. The number of ether oxygens (including phenoxy) is 1. The Morgan fingerprint density at radius 3 is 1.15 bits per heavy atom. The second-order valence-corrected chi connectivity index (χ2v) is 19.9. The zero-order chi connectivity index (χ0) is 47.3. The van der Waals surface area contributed by atoms with Crippen LogP contribution >= 0.6 is 136 Å². The Balaban J connectivity index is 2.94. The molecule has 26 heteroatoms. The molecule has 5 unspecified atom stereocenters. The average molecular weight is 1550 g/mol. The topological polar surface area (TPSA) is 352 Å². The first-order valence-electron chi connectivity index (χ1n) is 18.1. The molecule has 13 N–H and O–H groups in total. The van der Waals surface area contributed by atoms with Gasteiger partial charge in [0.15, 0.2) is 11.6 Å². The van der Waals surface area contributed by atoms with Gasteiger partial charge in [-0.3, -0.25) is 28.8 Å². The highest BCUT2D eigenvalue weighted by atomic mass is 127. The number of ketones is 2. The summed E-state index contributed by atoms with van der Waals surface area (Å²) in [7, 11) is 0. The molecule has 5 atom stereocenters. The van der Waals surface area contributed by atoms with E-state index in [-0.39, 0.29) is 80.7 Å². The Morgan fingerprint density at radius 2 is 0.806 bits per heavy atom. The van der Waals surface area contributed by atoms with Gasteiger partial charge < -0.3 is 72.0 Å². The van der Waals surface area contributed by atoms with Gasteiger partial charge in [-0.1, -0.05) is 0 Å². The third-order valence-corrected chi connectivity index (χ3v) is 15.1. The molecular formula is C36H44I6N4O16. The van der Waals surface area contributed by atoms with E-state index in [2.05, 4.69) is 0 Å². The fourth-order valence-corrected chi connectivity index (χ4v) is 15.4. The van der Waals surface area contributed by atoms with Crippen molar-refractivity contribution >= 4 is 182 Å². The van der Waals surface area contributed by atoms with Crippen LogP contribution in [-0.4, -0.2) is 164 Å². The molecule has 2 aromatic carbocycles. The Morgan fingerprint density at radius 1 is 0.484 bits per heavy atom. The van der Waals surface area contributed by atoms with Crippen molar-refractivity contribution in [3.8, 4) is 0 Å². The number of hydrogen-bond acceptors (Lipinski definition) is 16. The summed E-state index contributed by atoms with van der Waals surface area (Å²) in [5, 5.41) is 89.1. The first-order valence-corrected chi connectivity index (χ1v) is 24.6. The summed E-state index contributed by atoms with van der Waals surface area (Å²) in [4.78, 5) is 84.2. The van der Waals surface area contributed by atoms with Gasteiger partial charge in [-0.05, 0) is 148 Å². The van der Waals surface area contributed by atoms with Gasteiger partial charge in [0, 0.05) is 38.2 Å². The van der Waals surface area contributed by atoms with E-state index in [0.717, 1.165) is 9.80 Å². The van der Waals surface area contributed by atoms with E-state index in [1.54, 1.807) is 136 Å². The normalized spacial score (nSPS) is 13.9. The van der Waals surface area contributed by atoms with Crippen molar-refractivity contribution in [1.82, 2.24) is 0 Å². The Kier molecular flexibility index (Phi) is 25.6. The summed E-state index contributed by atoms with van der Waals surface area (Å²) in [5.74, 6) is -5.41. The predicted octanol–water partition coefficient (Wildman–Crippen LogP) is -0.0156. The summed E-state index contributed by atoms with van der Waals surface area (Å²) < 4.78 is 5.67. The van der Waals surface area contributed by atoms with E-state index in [4.69, 9.17) is 16.2 Å². The van der Waals surface area contributed by atoms with Crippen molar-refractivity contribution in [1.29, 1.82) is 0 Å². The lowest BCUT2D eigenvalue weighted by atomic mass is 10.00. The minimum absolute atomic E-state index is 0.0234. The number of aliphatic hydroxyl groups is 9. The number of Topliss-reactive ketones (excluding diaryl/α,β-unsaturated/α-hetero) is 2. The van der Waals surface area contributed by atoms with Gasteiger partial charge in [-0.2, -0.15) is 0 Å². The van der Waals surface area contributed by atoms with Gasteiger partial charge in [0.05, 0.1) is 107 Å². The lowest BCUT2D eigenvalue weighted by Crippen LogP contribution is -2.46. The standard InChI is InChI=1S/C36H44I6N4O16/c37-27-23(19(56)3-1-14(51)8-47)29(39)33(31(41)25(27)35(43)60)45(6-16(53)10-49)21(58)5-22(59)46(7-17(54)12-62-13-18(55)11-50)34-30(40)24(20(57)4-2-15(52)9-48)28(38)26(32(34)42)36(44)61/h14-18,47-55H,1-13H2,(H2,43,60)(H2,44,61). The van der Waals surface area contributed by atoms with Gasteiger partial charge in [0.25, 0.3) is 11.8 Å². The van der Waals surface area contributed by atoms with E-state index in [1.807, 2.05) is 0 Å². The number of anilines is 2. The average Bonchev–Trinajstić information content (AvgIpc) is 3.20. The monoisotopic (exact) mass is 1550 g/mol. The zero-order valence-corrected chi connectivity index (χ0v) is 45.2. The van der Waals surface area contributed by atoms with Crippen molar-refractivity contribution in [3.63, 3.8) is 0 Å². The molecule has 0 aromatic heterocycles. The quantitative estimate of drug-likeness (QED) is 0.0335. The maximum atomic E-state index is 14.7. The molecule has 346 valence electrons. The largest absolute Gasteiger partial charge is 0.394 e. The number of carbonyl (C=O) groups excluding carboxylic acids is 6. The van der Waals surface area contributed by atoms with Crippen molar-refractivity contribution in [2.24, 2.45) is 11.5 Å². The Bertz CT molecular complexity index is 2000. The molecule has 4 amide bonds. The van der Waals surface area contributed by atoms with Crippen molar-refractivity contribution in [3.05, 3.63) is 43.7 Å². The second kappa shape index (κ2) is 27.5.